The van der Waals surface area contributed by atoms with E-state index in [-0.39, 0.29) is 5.75 Å². The van der Waals surface area contributed by atoms with Crippen molar-refractivity contribution in [3.05, 3.63) is 48.0 Å². The van der Waals surface area contributed by atoms with Gasteiger partial charge in [0.05, 0.1) is 23.1 Å². The van der Waals surface area contributed by atoms with Crippen LogP contribution in [0.3, 0.4) is 0 Å². The lowest BCUT2D eigenvalue weighted by atomic mass is 10.2. The summed E-state index contributed by atoms with van der Waals surface area (Å²) in [6.45, 7) is 1.93. The summed E-state index contributed by atoms with van der Waals surface area (Å²) in [5.41, 5.74) is 2.51. The first-order valence-corrected chi connectivity index (χ1v) is 11.1. The average molecular weight is 395 g/mol. The number of thioether (sulfide) groups is 1. The zero-order valence-electron chi connectivity index (χ0n) is 13.9. The second kappa shape index (κ2) is 7.63. The molecule has 0 unspecified atom stereocenters. The third-order valence-corrected chi connectivity index (χ3v) is 7.15. The number of anilines is 1. The first-order valence-electron chi connectivity index (χ1n) is 7.60. The molecule has 0 atom stereocenters. The quantitative estimate of drug-likeness (QED) is 0.610. The number of fused-ring (bicyclic) bond motifs is 1. The minimum Gasteiger partial charge on any atom is -0.497 e. The van der Waals surface area contributed by atoms with Gasteiger partial charge in [0.15, 0.2) is 4.34 Å². The normalized spacial score (nSPS) is 11.6. The van der Waals surface area contributed by atoms with Gasteiger partial charge in [-0.25, -0.2) is 13.4 Å². The van der Waals surface area contributed by atoms with Gasteiger partial charge in [-0.15, -0.1) is 11.3 Å². The Morgan fingerprint density at radius 3 is 2.84 bits per heavy atom. The molecule has 2 aromatic carbocycles. The van der Waals surface area contributed by atoms with E-state index >= 15 is 0 Å². The Kier molecular flexibility index (Phi) is 5.51. The number of aromatic nitrogens is 1. The smallest absolute Gasteiger partial charge is 0.233 e. The maximum Gasteiger partial charge on any atom is 0.233 e. The van der Waals surface area contributed by atoms with Gasteiger partial charge in [0.2, 0.25) is 10.0 Å². The van der Waals surface area contributed by atoms with Gasteiger partial charge in [0.1, 0.15) is 5.75 Å². The third kappa shape index (κ3) is 4.87. The molecule has 8 heteroatoms. The molecule has 0 aliphatic rings. The highest BCUT2D eigenvalue weighted by Gasteiger charge is 2.12. The Labute approximate surface area is 155 Å². The van der Waals surface area contributed by atoms with Crippen LogP contribution in [0.25, 0.3) is 10.2 Å². The van der Waals surface area contributed by atoms with E-state index in [9.17, 15) is 8.42 Å². The highest BCUT2D eigenvalue weighted by atomic mass is 32.2. The van der Waals surface area contributed by atoms with Crippen molar-refractivity contribution in [2.75, 3.05) is 23.3 Å². The number of thiazole rings is 1. The van der Waals surface area contributed by atoms with Crippen LogP contribution in [0.5, 0.6) is 5.75 Å². The van der Waals surface area contributed by atoms with E-state index < -0.39 is 10.0 Å². The summed E-state index contributed by atoms with van der Waals surface area (Å²) >= 11 is 2.99. The summed E-state index contributed by atoms with van der Waals surface area (Å²) < 4.78 is 34.1. The molecular weight excluding hydrogens is 376 g/mol. The fourth-order valence-corrected chi connectivity index (χ4v) is 5.87. The third-order valence-electron chi connectivity index (χ3n) is 3.45. The van der Waals surface area contributed by atoms with Gasteiger partial charge in [0.25, 0.3) is 0 Å². The molecule has 1 heterocycles. The van der Waals surface area contributed by atoms with Gasteiger partial charge in [-0.05, 0) is 42.8 Å². The van der Waals surface area contributed by atoms with E-state index in [4.69, 9.17) is 4.74 Å². The Morgan fingerprint density at radius 1 is 1.24 bits per heavy atom. The van der Waals surface area contributed by atoms with Crippen molar-refractivity contribution >= 4 is 49.0 Å². The van der Waals surface area contributed by atoms with Crippen LogP contribution >= 0.6 is 23.1 Å². The Morgan fingerprint density at radius 2 is 2.08 bits per heavy atom. The lowest BCUT2D eigenvalue weighted by molar-refractivity contribution is 0.415. The second-order valence-electron chi connectivity index (χ2n) is 5.45. The number of hydrogen-bond acceptors (Lipinski definition) is 6. The van der Waals surface area contributed by atoms with Crippen molar-refractivity contribution in [2.45, 2.75) is 11.3 Å². The zero-order chi connectivity index (χ0) is 17.9. The molecule has 1 aromatic heterocycles. The SMILES string of the molecule is COc1ccc2nc(SCCS(=O)(=O)Nc3cccc(C)c3)sc2c1. The Bertz CT molecular complexity index is 984. The van der Waals surface area contributed by atoms with Gasteiger partial charge in [0, 0.05) is 11.4 Å². The molecule has 0 aliphatic carbocycles. The summed E-state index contributed by atoms with van der Waals surface area (Å²) in [5.74, 6) is 1.26. The monoisotopic (exact) mass is 394 g/mol. The van der Waals surface area contributed by atoms with Gasteiger partial charge in [-0.3, -0.25) is 4.72 Å². The molecule has 0 saturated heterocycles. The minimum atomic E-state index is -3.38. The van der Waals surface area contributed by atoms with E-state index in [1.54, 1.807) is 13.2 Å². The number of methoxy groups -OCH3 is 1. The molecule has 3 aromatic rings. The zero-order valence-corrected chi connectivity index (χ0v) is 16.3. The summed E-state index contributed by atoms with van der Waals surface area (Å²) in [4.78, 5) is 4.51. The largest absolute Gasteiger partial charge is 0.497 e. The molecule has 25 heavy (non-hydrogen) atoms. The Hall–Kier alpha value is -1.77. The lowest BCUT2D eigenvalue weighted by Gasteiger charge is -2.07. The Balaban J connectivity index is 1.60. The van der Waals surface area contributed by atoms with Crippen molar-refractivity contribution in [3.8, 4) is 5.75 Å². The first kappa shape index (κ1) is 18.0. The van der Waals surface area contributed by atoms with E-state index in [1.165, 1.54) is 23.1 Å². The average Bonchev–Trinajstić information content (AvgIpc) is 2.95. The second-order valence-corrected chi connectivity index (χ2v) is 9.67. The van der Waals surface area contributed by atoms with Gasteiger partial charge in [-0.2, -0.15) is 0 Å². The molecule has 3 rings (SSSR count). The van der Waals surface area contributed by atoms with Crippen LogP contribution in [0.15, 0.2) is 46.8 Å². The van der Waals surface area contributed by atoms with Crippen molar-refractivity contribution in [1.29, 1.82) is 0 Å². The maximum absolute atomic E-state index is 12.2. The molecular formula is C17H18N2O3S3. The van der Waals surface area contributed by atoms with Crippen LogP contribution in [-0.4, -0.2) is 32.0 Å². The van der Waals surface area contributed by atoms with Crippen molar-refractivity contribution in [3.63, 3.8) is 0 Å². The number of sulfonamides is 1. The summed E-state index contributed by atoms with van der Waals surface area (Å²) in [6, 6.07) is 13.0. The molecule has 5 nitrogen and oxygen atoms in total. The lowest BCUT2D eigenvalue weighted by Crippen LogP contribution is -2.18. The molecule has 0 aliphatic heterocycles. The minimum absolute atomic E-state index is 0.0326. The summed E-state index contributed by atoms with van der Waals surface area (Å²) in [6.07, 6.45) is 0. The summed E-state index contributed by atoms with van der Waals surface area (Å²) in [5, 5.41) is 0. The molecule has 0 fully saturated rings. The molecule has 0 saturated carbocycles. The van der Waals surface area contributed by atoms with Crippen LogP contribution in [0.1, 0.15) is 5.56 Å². The van der Waals surface area contributed by atoms with E-state index in [1.807, 2.05) is 43.3 Å². The molecule has 1 N–H and O–H groups in total. The van der Waals surface area contributed by atoms with Crippen molar-refractivity contribution in [1.82, 2.24) is 4.98 Å². The molecule has 132 valence electrons. The van der Waals surface area contributed by atoms with Crippen LogP contribution in [0.2, 0.25) is 0 Å². The molecule has 0 radical (unpaired) electrons. The van der Waals surface area contributed by atoms with E-state index in [0.29, 0.717) is 11.4 Å². The number of nitrogens with one attached hydrogen (secondary N) is 1. The number of benzene rings is 2. The first-order chi connectivity index (χ1) is 11.9. The number of rotatable bonds is 7. The summed E-state index contributed by atoms with van der Waals surface area (Å²) in [7, 11) is -1.75. The number of nitrogens with zero attached hydrogens (tertiary/aromatic N) is 1. The topological polar surface area (TPSA) is 68.3 Å². The van der Waals surface area contributed by atoms with Crippen LogP contribution in [0, 0.1) is 6.92 Å². The standard InChI is InChI=1S/C17H18N2O3S3/c1-12-4-3-5-13(10-12)19-25(20,21)9-8-23-17-18-15-7-6-14(22-2)11-16(15)24-17/h3-7,10-11,19H,8-9H2,1-2H3. The number of hydrogen-bond donors (Lipinski definition) is 1. The van der Waals surface area contributed by atoms with Gasteiger partial charge in [-0.1, -0.05) is 23.9 Å². The molecule has 0 spiro atoms. The van der Waals surface area contributed by atoms with Crippen molar-refractivity contribution < 1.29 is 13.2 Å². The highest BCUT2D eigenvalue weighted by Crippen LogP contribution is 2.31. The van der Waals surface area contributed by atoms with Gasteiger partial charge < -0.3 is 4.74 Å². The fraction of sp³-hybridized carbons (Fsp3) is 0.235. The van der Waals surface area contributed by atoms with Gasteiger partial charge >= 0.3 is 0 Å². The fourth-order valence-electron chi connectivity index (χ4n) is 2.25. The highest BCUT2D eigenvalue weighted by molar-refractivity contribution is 8.02. The van der Waals surface area contributed by atoms with Crippen molar-refractivity contribution in [2.24, 2.45) is 0 Å². The molecule has 0 amide bonds. The maximum atomic E-state index is 12.2. The van der Waals surface area contributed by atoms with Crippen LogP contribution in [0.4, 0.5) is 5.69 Å². The number of aryl methyl sites for hydroxylation is 1. The van der Waals surface area contributed by atoms with E-state index in [0.717, 1.165) is 25.9 Å². The molecule has 0 bridgehead atoms. The van der Waals surface area contributed by atoms with E-state index in [2.05, 4.69) is 9.71 Å². The predicted octanol–water partition coefficient (Wildman–Crippen LogP) is 4.15. The number of ether oxygens (including phenoxy) is 1. The van der Waals surface area contributed by atoms with Crippen LogP contribution in [-0.2, 0) is 10.0 Å². The predicted molar refractivity (Wildman–Crippen MR) is 105 cm³/mol. The van der Waals surface area contributed by atoms with Crippen LogP contribution < -0.4 is 9.46 Å².